The molecule has 1 aromatic rings. The lowest BCUT2D eigenvalue weighted by atomic mass is 10.0. The van der Waals surface area contributed by atoms with Crippen LogP contribution >= 0.6 is 0 Å². The third-order valence-corrected chi connectivity index (χ3v) is 3.42. The second kappa shape index (κ2) is 6.63. The van der Waals surface area contributed by atoms with Gasteiger partial charge in [-0.25, -0.2) is 8.42 Å². The van der Waals surface area contributed by atoms with E-state index in [4.69, 9.17) is 10.5 Å². The average molecular weight is 286 g/mol. The average Bonchev–Trinajstić information content (AvgIpc) is 2.35. The molecule has 0 spiro atoms. The van der Waals surface area contributed by atoms with Crippen molar-refractivity contribution in [1.82, 2.24) is 4.98 Å². The number of nitrogens with zero attached hydrogens (tertiary/aromatic N) is 1. The number of pyridine rings is 1. The normalized spacial score (nSPS) is 13.0. The lowest BCUT2D eigenvalue weighted by Crippen LogP contribution is -2.32. The van der Waals surface area contributed by atoms with Crippen molar-refractivity contribution in [3.8, 4) is 5.75 Å². The zero-order valence-corrected chi connectivity index (χ0v) is 11.8. The Labute approximate surface area is 112 Å². The predicted molar refractivity (Wildman–Crippen MR) is 72.0 cm³/mol. The SMILES string of the molecule is CCOc1cncc(C(=O)C(N)CCS(C)(=O)=O)c1. The fourth-order valence-electron chi connectivity index (χ4n) is 1.49. The molecule has 0 amide bonds. The maximum absolute atomic E-state index is 12.0. The quantitative estimate of drug-likeness (QED) is 0.729. The molecule has 1 heterocycles. The maximum Gasteiger partial charge on any atom is 0.181 e. The van der Waals surface area contributed by atoms with Gasteiger partial charge in [0.15, 0.2) is 5.78 Å². The van der Waals surface area contributed by atoms with Crippen molar-refractivity contribution in [2.75, 3.05) is 18.6 Å². The van der Waals surface area contributed by atoms with Crippen molar-refractivity contribution >= 4 is 15.6 Å². The van der Waals surface area contributed by atoms with Crippen molar-refractivity contribution in [2.45, 2.75) is 19.4 Å². The monoisotopic (exact) mass is 286 g/mol. The first kappa shape index (κ1) is 15.6. The number of nitrogens with two attached hydrogens (primary N) is 1. The van der Waals surface area contributed by atoms with Crippen molar-refractivity contribution in [3.05, 3.63) is 24.0 Å². The van der Waals surface area contributed by atoms with Gasteiger partial charge in [0.25, 0.3) is 0 Å². The Bertz CT molecular complexity index is 542. The minimum atomic E-state index is -3.12. The van der Waals surface area contributed by atoms with Gasteiger partial charge in [-0.15, -0.1) is 0 Å². The molecule has 0 bridgehead atoms. The van der Waals surface area contributed by atoms with Crippen molar-refractivity contribution in [2.24, 2.45) is 5.73 Å². The number of Topliss-reactive ketones (excluding diaryl/α,β-unsaturated/α-hetero) is 1. The lowest BCUT2D eigenvalue weighted by molar-refractivity contribution is 0.0959. The molecule has 1 rings (SSSR count). The Morgan fingerprint density at radius 1 is 1.47 bits per heavy atom. The first-order valence-corrected chi connectivity index (χ1v) is 7.95. The molecule has 0 saturated heterocycles. The second-order valence-corrected chi connectivity index (χ2v) is 6.49. The van der Waals surface area contributed by atoms with Crippen LogP contribution < -0.4 is 10.5 Å². The lowest BCUT2D eigenvalue weighted by Gasteiger charge is -2.10. The van der Waals surface area contributed by atoms with E-state index < -0.39 is 15.9 Å². The molecule has 0 fully saturated rings. The standard InChI is InChI=1S/C12H18N2O4S/c1-3-18-10-6-9(7-14-8-10)12(15)11(13)4-5-19(2,16)17/h6-8,11H,3-5,13H2,1-2H3. The van der Waals surface area contributed by atoms with Gasteiger partial charge in [-0.2, -0.15) is 0 Å². The van der Waals surface area contributed by atoms with E-state index in [1.807, 2.05) is 6.92 Å². The number of aromatic nitrogens is 1. The number of hydrogen-bond acceptors (Lipinski definition) is 6. The Hall–Kier alpha value is -1.47. The Balaban J connectivity index is 2.73. The second-order valence-electron chi connectivity index (χ2n) is 4.23. The molecular formula is C12H18N2O4S. The smallest absolute Gasteiger partial charge is 0.181 e. The summed E-state index contributed by atoms with van der Waals surface area (Å²) in [7, 11) is -3.12. The molecule has 19 heavy (non-hydrogen) atoms. The summed E-state index contributed by atoms with van der Waals surface area (Å²) in [5.74, 6) is 0.0414. The minimum absolute atomic E-state index is 0.0938. The van der Waals surface area contributed by atoms with E-state index in [1.54, 1.807) is 6.07 Å². The number of carbonyl (C=O) groups is 1. The number of sulfone groups is 1. The molecule has 0 aliphatic heterocycles. The third kappa shape index (κ3) is 5.35. The van der Waals surface area contributed by atoms with Crippen LogP contribution in [-0.4, -0.2) is 43.8 Å². The first-order chi connectivity index (χ1) is 8.83. The molecule has 106 valence electrons. The molecule has 1 unspecified atom stereocenters. The molecule has 0 radical (unpaired) electrons. The molecule has 1 aromatic heterocycles. The van der Waals surface area contributed by atoms with Crippen LogP contribution in [0.25, 0.3) is 0 Å². The highest BCUT2D eigenvalue weighted by atomic mass is 32.2. The summed E-state index contributed by atoms with van der Waals surface area (Å²) >= 11 is 0. The summed E-state index contributed by atoms with van der Waals surface area (Å²) in [4.78, 5) is 15.9. The number of rotatable bonds is 7. The molecular weight excluding hydrogens is 268 g/mol. The molecule has 1 atom stereocenters. The van der Waals surface area contributed by atoms with Crippen LogP contribution in [0.3, 0.4) is 0 Å². The van der Waals surface area contributed by atoms with Gasteiger partial charge in [0.05, 0.1) is 24.6 Å². The highest BCUT2D eigenvalue weighted by Crippen LogP contribution is 2.13. The molecule has 0 saturated carbocycles. The topological polar surface area (TPSA) is 99.3 Å². The van der Waals surface area contributed by atoms with E-state index in [9.17, 15) is 13.2 Å². The van der Waals surface area contributed by atoms with Crippen LogP contribution in [0.15, 0.2) is 18.5 Å². The van der Waals surface area contributed by atoms with Crippen molar-refractivity contribution in [3.63, 3.8) is 0 Å². The van der Waals surface area contributed by atoms with E-state index >= 15 is 0 Å². The number of carbonyl (C=O) groups excluding carboxylic acids is 1. The number of ether oxygens (including phenoxy) is 1. The van der Waals surface area contributed by atoms with Gasteiger partial charge < -0.3 is 10.5 Å². The zero-order chi connectivity index (χ0) is 14.5. The summed E-state index contributed by atoms with van der Waals surface area (Å²) in [6, 6.07) is 0.701. The van der Waals surface area contributed by atoms with E-state index in [0.29, 0.717) is 17.9 Å². The van der Waals surface area contributed by atoms with Crippen molar-refractivity contribution in [1.29, 1.82) is 0 Å². The van der Waals surface area contributed by atoms with Gasteiger partial charge in [0.1, 0.15) is 15.6 Å². The van der Waals surface area contributed by atoms with Crippen LogP contribution in [-0.2, 0) is 9.84 Å². The largest absolute Gasteiger partial charge is 0.492 e. The van der Waals surface area contributed by atoms with E-state index in [1.165, 1.54) is 12.4 Å². The molecule has 0 aromatic carbocycles. The fraction of sp³-hybridized carbons (Fsp3) is 0.500. The minimum Gasteiger partial charge on any atom is -0.492 e. The van der Waals surface area contributed by atoms with Crippen LogP contribution in [0.2, 0.25) is 0 Å². The van der Waals surface area contributed by atoms with E-state index in [-0.39, 0.29) is 18.0 Å². The molecule has 6 nitrogen and oxygen atoms in total. The maximum atomic E-state index is 12.0. The van der Waals surface area contributed by atoms with Crippen LogP contribution in [0, 0.1) is 0 Å². The summed E-state index contributed by atoms with van der Waals surface area (Å²) in [6.07, 6.45) is 4.10. The summed E-state index contributed by atoms with van der Waals surface area (Å²) in [6.45, 7) is 2.30. The van der Waals surface area contributed by atoms with E-state index in [0.717, 1.165) is 6.26 Å². The van der Waals surface area contributed by atoms with Gasteiger partial charge in [-0.3, -0.25) is 9.78 Å². The molecule has 0 aliphatic rings. The van der Waals surface area contributed by atoms with E-state index in [2.05, 4.69) is 4.98 Å². The van der Waals surface area contributed by atoms with Crippen molar-refractivity contribution < 1.29 is 17.9 Å². The Morgan fingerprint density at radius 3 is 2.74 bits per heavy atom. The molecule has 0 aliphatic carbocycles. The Morgan fingerprint density at radius 2 is 2.16 bits per heavy atom. The van der Waals surface area contributed by atoms with Gasteiger partial charge in [-0.05, 0) is 19.4 Å². The molecule has 2 N–H and O–H groups in total. The fourth-order valence-corrected chi connectivity index (χ4v) is 2.17. The zero-order valence-electron chi connectivity index (χ0n) is 11.0. The third-order valence-electron chi connectivity index (χ3n) is 2.45. The van der Waals surface area contributed by atoms with Gasteiger partial charge in [0, 0.05) is 18.0 Å². The van der Waals surface area contributed by atoms with Gasteiger partial charge in [-0.1, -0.05) is 0 Å². The van der Waals surface area contributed by atoms with Crippen LogP contribution in [0.4, 0.5) is 0 Å². The predicted octanol–water partition coefficient (Wildman–Crippen LogP) is 0.425. The van der Waals surface area contributed by atoms with Gasteiger partial charge >= 0.3 is 0 Å². The Kier molecular flexibility index (Phi) is 5.44. The van der Waals surface area contributed by atoms with Crippen LogP contribution in [0.5, 0.6) is 5.75 Å². The van der Waals surface area contributed by atoms with Gasteiger partial charge in [0.2, 0.25) is 0 Å². The summed E-state index contributed by atoms with van der Waals surface area (Å²) in [5, 5.41) is 0. The highest BCUT2D eigenvalue weighted by molar-refractivity contribution is 7.90. The first-order valence-electron chi connectivity index (χ1n) is 5.89. The highest BCUT2D eigenvalue weighted by Gasteiger charge is 2.18. The number of hydrogen-bond donors (Lipinski definition) is 1. The summed E-state index contributed by atoms with van der Waals surface area (Å²) < 4.78 is 27.3. The molecule has 7 heteroatoms. The summed E-state index contributed by atoms with van der Waals surface area (Å²) in [5.41, 5.74) is 6.02. The van der Waals surface area contributed by atoms with Crippen LogP contribution in [0.1, 0.15) is 23.7 Å². The number of ketones is 1.